The Hall–Kier alpha value is -2.88. The third-order valence-corrected chi connectivity index (χ3v) is 6.16. The second-order valence-corrected chi connectivity index (χ2v) is 8.55. The fraction of sp³-hybridized carbons (Fsp3) is 0.316. The Morgan fingerprint density at radius 1 is 1.17 bits per heavy atom. The molecule has 0 spiro atoms. The van der Waals surface area contributed by atoms with E-state index in [1.165, 1.54) is 18.2 Å². The second-order valence-electron chi connectivity index (χ2n) is 6.10. The van der Waals surface area contributed by atoms with Gasteiger partial charge in [0.05, 0.1) is 5.56 Å². The first-order valence-electron chi connectivity index (χ1n) is 9.31. The summed E-state index contributed by atoms with van der Waals surface area (Å²) in [5.41, 5.74) is 7.10. The van der Waals surface area contributed by atoms with E-state index in [1.807, 2.05) is 24.4 Å². The van der Waals surface area contributed by atoms with Gasteiger partial charge < -0.3 is 15.7 Å². The van der Waals surface area contributed by atoms with Crippen molar-refractivity contribution in [2.75, 3.05) is 18.8 Å². The van der Waals surface area contributed by atoms with Crippen LogP contribution in [0.1, 0.15) is 29.6 Å². The Bertz CT molecular complexity index is 891. The van der Waals surface area contributed by atoms with Crippen LogP contribution in [0.25, 0.3) is 0 Å². The number of nitrogens with zero attached hydrogens (tertiary/aromatic N) is 2. The molecule has 0 bridgehead atoms. The Morgan fingerprint density at radius 3 is 2.67 bits per heavy atom. The molecule has 2 amide bonds. The Kier molecular flexibility index (Phi) is 10.4. The summed E-state index contributed by atoms with van der Waals surface area (Å²) in [6, 6.07) is 10.1. The van der Waals surface area contributed by atoms with Crippen molar-refractivity contribution in [1.29, 1.82) is 5.53 Å². The number of aromatic hydroxyl groups is 1. The van der Waals surface area contributed by atoms with Crippen molar-refractivity contribution in [3.63, 3.8) is 0 Å². The fourth-order valence-corrected chi connectivity index (χ4v) is 4.28. The lowest BCUT2D eigenvalue weighted by atomic mass is 10.1. The number of carbonyl (C=O) groups excluding carboxylic acids is 2. The number of phenolic OH excluding ortho intramolecular Hbond substituents is 1. The predicted molar refractivity (Wildman–Crippen MR) is 116 cm³/mol. The van der Waals surface area contributed by atoms with Gasteiger partial charge in [0.1, 0.15) is 11.3 Å². The second kappa shape index (κ2) is 13.4. The Balaban J connectivity index is 1.53. The van der Waals surface area contributed by atoms with Crippen LogP contribution >= 0.6 is 21.6 Å². The summed E-state index contributed by atoms with van der Waals surface area (Å²) in [6.45, 7) is 0.986. The van der Waals surface area contributed by atoms with Gasteiger partial charge in [0.25, 0.3) is 5.91 Å². The van der Waals surface area contributed by atoms with Crippen LogP contribution in [0.2, 0.25) is 0 Å². The fourth-order valence-electron chi connectivity index (χ4n) is 2.36. The van der Waals surface area contributed by atoms with E-state index in [-0.39, 0.29) is 17.2 Å². The molecule has 0 aliphatic heterocycles. The van der Waals surface area contributed by atoms with Gasteiger partial charge >= 0.3 is 0 Å². The molecule has 0 fully saturated rings. The van der Waals surface area contributed by atoms with Crippen LogP contribution in [0.5, 0.6) is 5.75 Å². The molecule has 11 heteroatoms. The zero-order valence-corrected chi connectivity index (χ0v) is 17.9. The number of phenols is 1. The Morgan fingerprint density at radius 2 is 1.97 bits per heavy atom. The molecule has 5 N–H and O–H groups in total. The van der Waals surface area contributed by atoms with Crippen molar-refractivity contribution < 1.29 is 19.7 Å². The molecule has 0 unspecified atom stereocenters. The van der Waals surface area contributed by atoms with E-state index in [1.54, 1.807) is 21.6 Å². The average Bonchev–Trinajstić information content (AvgIpc) is 2.74. The number of H-pyrrole nitrogens is 1. The molecule has 0 saturated heterocycles. The van der Waals surface area contributed by atoms with E-state index in [9.17, 15) is 14.7 Å². The summed E-state index contributed by atoms with van der Waals surface area (Å²) in [6.07, 6.45) is 3.76. The van der Waals surface area contributed by atoms with Gasteiger partial charge in [0.15, 0.2) is 17.0 Å². The molecule has 158 valence electrons. The maximum Gasteiger partial charge on any atom is 0.255 e. The highest BCUT2D eigenvalue weighted by Gasteiger charge is 2.12. The van der Waals surface area contributed by atoms with E-state index >= 15 is 0 Å². The molecule has 0 aliphatic rings. The van der Waals surface area contributed by atoms with Crippen molar-refractivity contribution in [2.45, 2.75) is 24.3 Å². The summed E-state index contributed by atoms with van der Waals surface area (Å²) in [4.78, 5) is 29.9. The zero-order valence-electron chi connectivity index (χ0n) is 16.3. The topological polar surface area (TPSA) is 143 Å². The molecule has 2 rings (SSSR count). The van der Waals surface area contributed by atoms with Crippen molar-refractivity contribution in [3.8, 4) is 5.75 Å². The van der Waals surface area contributed by atoms with Crippen LogP contribution in [0, 0.1) is 5.53 Å². The molecule has 30 heavy (non-hydrogen) atoms. The summed E-state index contributed by atoms with van der Waals surface area (Å²) in [5, 5.41) is 20.0. The van der Waals surface area contributed by atoms with E-state index < -0.39 is 5.91 Å². The largest absolute Gasteiger partial charge is 0.507 e. The van der Waals surface area contributed by atoms with Gasteiger partial charge in [-0.2, -0.15) is 0 Å². The molecule has 9 nitrogen and oxygen atoms in total. The van der Waals surface area contributed by atoms with E-state index in [4.69, 9.17) is 5.53 Å². The molecule has 0 saturated carbocycles. The highest BCUT2D eigenvalue weighted by molar-refractivity contribution is 8.76. The van der Waals surface area contributed by atoms with Crippen LogP contribution in [0.3, 0.4) is 0 Å². The first-order chi connectivity index (χ1) is 14.6. The number of carbonyl (C=O) groups is 2. The molecular weight excluding hydrogens is 424 g/mol. The molecule has 0 radical (unpaired) electrons. The molecule has 1 aromatic carbocycles. The number of hydrogen-bond acceptors (Lipinski definition) is 7. The minimum Gasteiger partial charge on any atom is -0.507 e. The number of aromatic amines is 1. The average molecular weight is 449 g/mol. The van der Waals surface area contributed by atoms with E-state index in [0.29, 0.717) is 31.6 Å². The van der Waals surface area contributed by atoms with Gasteiger partial charge in [0, 0.05) is 54.3 Å². The minimum atomic E-state index is -0.393. The highest BCUT2D eigenvalue weighted by atomic mass is 33.1. The van der Waals surface area contributed by atoms with Gasteiger partial charge in [-0.25, -0.2) is 4.98 Å². The lowest BCUT2D eigenvalue weighted by Crippen LogP contribution is -2.27. The summed E-state index contributed by atoms with van der Waals surface area (Å²) < 4.78 is 0. The summed E-state index contributed by atoms with van der Waals surface area (Å²) >= 11 is 0. The number of pyridine rings is 1. The quantitative estimate of drug-likeness (QED) is 0.171. The number of unbranched alkanes of at least 4 members (excludes halogenated alkanes) is 1. The van der Waals surface area contributed by atoms with Crippen molar-refractivity contribution in [2.24, 2.45) is 5.11 Å². The highest BCUT2D eigenvalue weighted by Crippen LogP contribution is 2.27. The monoisotopic (exact) mass is 448 g/mol. The standard InChI is InChI=1S/C19H22N6O3S2/c20-25-24-14-6-7-15(16(26)13-14)19(28)23-11-4-3-9-21-17(27)8-12-29-30-18-5-1-2-10-22-18/h1-2,5-7,10,13,20H,3-4,8-9,11-12H2,(H2-,21,23,26,27,28)/p+2. The SMILES string of the molecule is N=[N+]=Nc1ccc(C(=O)NCCCCNC(=O)CCSSc2cccc[nH+]2)c(O)c1. The molecular formula is C19H24N6O3S2+2. The normalized spacial score (nSPS) is 10.1. The predicted octanol–water partition coefficient (Wildman–Crippen LogP) is 2.84. The number of nitrogens with one attached hydrogen (secondary N) is 4. The smallest absolute Gasteiger partial charge is 0.255 e. The lowest BCUT2D eigenvalue weighted by Gasteiger charge is -2.07. The first kappa shape index (κ1) is 23.4. The van der Waals surface area contributed by atoms with Crippen molar-refractivity contribution in [1.82, 2.24) is 15.5 Å². The summed E-state index contributed by atoms with van der Waals surface area (Å²) in [5.74, 6) is 0.127. The van der Waals surface area contributed by atoms with Gasteiger partial charge in [0.2, 0.25) is 15.8 Å². The zero-order chi connectivity index (χ0) is 21.6. The number of amides is 2. The van der Waals surface area contributed by atoms with Crippen LogP contribution < -0.4 is 20.5 Å². The minimum absolute atomic E-state index is 0.0130. The van der Waals surface area contributed by atoms with Crippen LogP contribution in [-0.2, 0) is 4.79 Å². The van der Waals surface area contributed by atoms with Crippen molar-refractivity contribution >= 4 is 39.1 Å². The Labute approximate surface area is 182 Å². The van der Waals surface area contributed by atoms with Crippen LogP contribution in [0.15, 0.2) is 52.7 Å². The van der Waals surface area contributed by atoms with Crippen LogP contribution in [0.4, 0.5) is 5.69 Å². The van der Waals surface area contributed by atoms with Gasteiger partial charge in [-0.15, -0.1) is 0 Å². The third kappa shape index (κ3) is 8.64. The van der Waals surface area contributed by atoms with Gasteiger partial charge in [-0.3, -0.25) is 9.59 Å². The number of aromatic nitrogens is 1. The van der Waals surface area contributed by atoms with Gasteiger partial charge in [-0.1, -0.05) is 10.8 Å². The first-order valence-corrected chi connectivity index (χ1v) is 11.6. The molecule has 0 aliphatic carbocycles. The van der Waals surface area contributed by atoms with Gasteiger partial charge in [-0.05, 0) is 31.0 Å². The number of benzene rings is 1. The van der Waals surface area contributed by atoms with E-state index in [0.717, 1.165) is 17.2 Å². The summed E-state index contributed by atoms with van der Waals surface area (Å²) in [7, 11) is 3.23. The lowest BCUT2D eigenvalue weighted by molar-refractivity contribution is -0.426. The van der Waals surface area contributed by atoms with Crippen LogP contribution in [-0.4, -0.2) is 35.8 Å². The third-order valence-electron chi connectivity index (χ3n) is 3.84. The number of hydrogen-bond donors (Lipinski definition) is 4. The number of rotatable bonds is 12. The maximum absolute atomic E-state index is 12.1. The molecule has 0 atom stereocenters. The molecule has 1 aromatic heterocycles. The molecule has 1 heterocycles. The van der Waals surface area contributed by atoms with E-state index in [2.05, 4.69) is 25.6 Å². The van der Waals surface area contributed by atoms with Crippen molar-refractivity contribution in [3.05, 3.63) is 48.2 Å². The maximum atomic E-state index is 12.1. The molecule has 2 aromatic rings.